The molecule has 0 bridgehead atoms. The van der Waals surface area contributed by atoms with Crippen molar-refractivity contribution in [2.24, 2.45) is 16.9 Å². The first kappa shape index (κ1) is 19.9. The van der Waals surface area contributed by atoms with Gasteiger partial charge in [0.2, 0.25) is 11.7 Å². The smallest absolute Gasteiger partial charge is 0.244 e. The van der Waals surface area contributed by atoms with Crippen LogP contribution in [0.4, 0.5) is 0 Å². The summed E-state index contributed by atoms with van der Waals surface area (Å²) >= 11 is 0. The molecule has 0 saturated heterocycles. The van der Waals surface area contributed by atoms with E-state index in [1.165, 1.54) is 0 Å². The van der Waals surface area contributed by atoms with Gasteiger partial charge in [0.15, 0.2) is 0 Å². The van der Waals surface area contributed by atoms with Crippen molar-refractivity contribution in [1.29, 1.82) is 0 Å². The minimum atomic E-state index is -0.280. The second-order valence-corrected chi connectivity index (χ2v) is 5.70. The molecule has 0 saturated carbocycles. The summed E-state index contributed by atoms with van der Waals surface area (Å²) in [4.78, 5) is 4.37. The fourth-order valence-corrected chi connectivity index (χ4v) is 1.64. The van der Waals surface area contributed by atoms with Crippen LogP contribution < -0.4 is 11.5 Å². The van der Waals surface area contributed by atoms with Gasteiger partial charge in [0.05, 0.1) is 6.04 Å². The molecule has 7 heteroatoms. The predicted molar refractivity (Wildman–Crippen MR) is 88.5 cm³/mol. The van der Waals surface area contributed by atoms with Gasteiger partial charge in [-0.1, -0.05) is 50.2 Å². The Balaban J connectivity index is 0.00000200. The minimum absolute atomic E-state index is 0. The highest BCUT2D eigenvalue weighted by atomic mass is 35.5. The molecule has 118 valence electrons. The Hall–Kier alpha value is -1.14. The molecule has 2 rings (SSSR count). The first-order chi connectivity index (χ1) is 8.91. The van der Waals surface area contributed by atoms with Crippen LogP contribution in [0.15, 0.2) is 28.8 Å². The maximum atomic E-state index is 6.10. The summed E-state index contributed by atoms with van der Waals surface area (Å²) < 4.78 is 5.25. The normalized spacial score (nSPS) is 12.2. The summed E-state index contributed by atoms with van der Waals surface area (Å²) in [6, 6.07) is 7.49. The lowest BCUT2D eigenvalue weighted by molar-refractivity contribution is 0.253. The zero-order valence-corrected chi connectivity index (χ0v) is 14.0. The van der Waals surface area contributed by atoms with Crippen LogP contribution in [-0.4, -0.2) is 10.1 Å². The number of nitrogens with two attached hydrogens (primary N) is 2. The number of rotatable bonds is 3. The molecule has 1 aromatic heterocycles. The van der Waals surface area contributed by atoms with Crippen molar-refractivity contribution >= 4 is 24.8 Å². The average molecular weight is 333 g/mol. The van der Waals surface area contributed by atoms with E-state index in [4.69, 9.17) is 16.0 Å². The van der Waals surface area contributed by atoms with Crippen molar-refractivity contribution in [2.45, 2.75) is 33.4 Å². The zero-order valence-electron chi connectivity index (χ0n) is 12.4. The summed E-state index contributed by atoms with van der Waals surface area (Å²) in [5.41, 5.74) is 13.5. The number of aromatic nitrogens is 2. The Morgan fingerprint density at radius 3 is 2.19 bits per heavy atom. The zero-order chi connectivity index (χ0) is 14.0. The Morgan fingerprint density at radius 2 is 1.71 bits per heavy atom. The first-order valence-electron chi connectivity index (χ1n) is 6.30. The molecule has 0 aliphatic carbocycles. The lowest BCUT2D eigenvalue weighted by Crippen LogP contribution is -2.26. The van der Waals surface area contributed by atoms with Crippen LogP contribution in [0, 0.1) is 5.41 Å². The van der Waals surface area contributed by atoms with Crippen molar-refractivity contribution in [3.8, 4) is 11.4 Å². The number of hydrogen-bond acceptors (Lipinski definition) is 5. The van der Waals surface area contributed by atoms with E-state index in [-0.39, 0.29) is 36.3 Å². The molecular formula is C14H22Cl2N4O. The molecule has 1 heterocycles. The summed E-state index contributed by atoms with van der Waals surface area (Å²) in [6.45, 7) is 6.64. The highest BCUT2D eigenvalue weighted by Gasteiger charge is 2.27. The lowest BCUT2D eigenvalue weighted by atomic mass is 9.87. The maximum absolute atomic E-state index is 6.10. The molecule has 0 aliphatic rings. The quantitative estimate of drug-likeness (QED) is 0.901. The minimum Gasteiger partial charge on any atom is -0.337 e. The summed E-state index contributed by atoms with van der Waals surface area (Å²) in [6.07, 6.45) is 0. The monoisotopic (exact) mass is 332 g/mol. The fraction of sp³-hybridized carbons (Fsp3) is 0.429. The number of benzene rings is 1. The number of halogens is 2. The standard InChI is InChI=1S/C14H20N4O.2ClH/c1-14(2,3)11(16)13-17-12(18-19-13)10-6-4-9(8-15)5-7-10;;/h4-7,11H,8,15-16H2,1-3H3;2*1H/t11-;;/m1../s1. The number of hydrogen-bond donors (Lipinski definition) is 2. The summed E-state index contributed by atoms with van der Waals surface area (Å²) in [5.74, 6) is 1.02. The average Bonchev–Trinajstić information content (AvgIpc) is 2.86. The topological polar surface area (TPSA) is 91.0 Å². The van der Waals surface area contributed by atoms with Crippen LogP contribution in [0.25, 0.3) is 11.4 Å². The van der Waals surface area contributed by atoms with E-state index in [9.17, 15) is 0 Å². The van der Waals surface area contributed by atoms with Crippen molar-refractivity contribution < 1.29 is 4.52 Å². The third kappa shape index (κ3) is 4.68. The van der Waals surface area contributed by atoms with Crippen LogP contribution in [0.5, 0.6) is 0 Å². The van der Waals surface area contributed by atoms with Gasteiger partial charge in [-0.05, 0) is 11.0 Å². The van der Waals surface area contributed by atoms with Gasteiger partial charge in [-0.2, -0.15) is 4.98 Å². The molecule has 1 aromatic carbocycles. The van der Waals surface area contributed by atoms with Crippen LogP contribution in [0.3, 0.4) is 0 Å². The molecule has 4 N–H and O–H groups in total. The molecule has 0 radical (unpaired) electrons. The van der Waals surface area contributed by atoms with Crippen molar-refractivity contribution in [3.05, 3.63) is 35.7 Å². The molecule has 0 fully saturated rings. The molecule has 5 nitrogen and oxygen atoms in total. The third-order valence-corrected chi connectivity index (χ3v) is 3.09. The highest BCUT2D eigenvalue weighted by Crippen LogP contribution is 2.30. The van der Waals surface area contributed by atoms with Crippen LogP contribution in [0.1, 0.15) is 38.3 Å². The molecule has 21 heavy (non-hydrogen) atoms. The van der Waals surface area contributed by atoms with Gasteiger partial charge in [0.1, 0.15) is 0 Å². The van der Waals surface area contributed by atoms with E-state index in [0.717, 1.165) is 11.1 Å². The second kappa shape index (κ2) is 7.75. The van der Waals surface area contributed by atoms with Crippen LogP contribution in [-0.2, 0) is 6.54 Å². The maximum Gasteiger partial charge on any atom is 0.244 e. The SMILES string of the molecule is CC(C)(C)[C@H](N)c1nc(-c2ccc(CN)cc2)no1.Cl.Cl. The van der Waals surface area contributed by atoms with Gasteiger partial charge in [-0.15, -0.1) is 24.8 Å². The second-order valence-electron chi connectivity index (χ2n) is 5.70. The van der Waals surface area contributed by atoms with Gasteiger partial charge >= 0.3 is 0 Å². The van der Waals surface area contributed by atoms with E-state index in [1.54, 1.807) is 0 Å². The van der Waals surface area contributed by atoms with Gasteiger partial charge in [-0.25, -0.2) is 0 Å². The lowest BCUT2D eigenvalue weighted by Gasteiger charge is -2.23. The van der Waals surface area contributed by atoms with Crippen LogP contribution >= 0.6 is 24.8 Å². The molecule has 0 amide bonds. The predicted octanol–water partition coefficient (Wildman–Crippen LogP) is 3.08. The number of nitrogens with zero attached hydrogens (tertiary/aromatic N) is 2. The van der Waals surface area contributed by atoms with E-state index in [0.29, 0.717) is 18.3 Å². The Morgan fingerprint density at radius 1 is 1.14 bits per heavy atom. The molecule has 2 aromatic rings. The first-order valence-corrected chi connectivity index (χ1v) is 6.30. The largest absolute Gasteiger partial charge is 0.337 e. The van der Waals surface area contributed by atoms with E-state index < -0.39 is 0 Å². The molecule has 0 aliphatic heterocycles. The Bertz CT molecular complexity index is 549. The molecule has 1 atom stereocenters. The molecule has 0 spiro atoms. The van der Waals surface area contributed by atoms with Gasteiger partial charge in [0, 0.05) is 12.1 Å². The third-order valence-electron chi connectivity index (χ3n) is 3.09. The summed E-state index contributed by atoms with van der Waals surface area (Å²) in [7, 11) is 0. The Labute approximate surface area is 137 Å². The van der Waals surface area contributed by atoms with Crippen molar-refractivity contribution in [2.75, 3.05) is 0 Å². The van der Waals surface area contributed by atoms with Crippen molar-refractivity contribution in [3.63, 3.8) is 0 Å². The highest BCUT2D eigenvalue weighted by molar-refractivity contribution is 5.85. The molecule has 0 unspecified atom stereocenters. The molecular weight excluding hydrogens is 311 g/mol. The van der Waals surface area contributed by atoms with Crippen LogP contribution in [0.2, 0.25) is 0 Å². The van der Waals surface area contributed by atoms with E-state index in [1.807, 2.05) is 45.0 Å². The van der Waals surface area contributed by atoms with Gasteiger partial charge in [0.25, 0.3) is 0 Å². The summed E-state index contributed by atoms with van der Waals surface area (Å²) in [5, 5.41) is 3.98. The Kier molecular flexibility index (Phi) is 7.33. The van der Waals surface area contributed by atoms with E-state index >= 15 is 0 Å². The van der Waals surface area contributed by atoms with Gasteiger partial charge in [-0.3, -0.25) is 0 Å². The van der Waals surface area contributed by atoms with Crippen molar-refractivity contribution in [1.82, 2.24) is 10.1 Å². The fourth-order valence-electron chi connectivity index (χ4n) is 1.64. The van der Waals surface area contributed by atoms with Gasteiger partial charge < -0.3 is 16.0 Å². The van der Waals surface area contributed by atoms with E-state index in [2.05, 4.69) is 10.1 Å².